The van der Waals surface area contributed by atoms with Crippen LogP contribution in [0.5, 0.6) is 0 Å². The quantitative estimate of drug-likeness (QED) is 0.671. The molecule has 0 radical (unpaired) electrons. The molecule has 0 aliphatic rings. The Balaban J connectivity index is 3.62. The Kier molecular flexibility index (Phi) is 7.05. The van der Waals surface area contributed by atoms with Gasteiger partial charge in [-0.2, -0.15) is 0 Å². The molecule has 2 N–H and O–H groups in total. The molecule has 0 atom stereocenters. The van der Waals surface area contributed by atoms with E-state index in [1.807, 2.05) is 19.9 Å². The summed E-state index contributed by atoms with van der Waals surface area (Å²) in [6.07, 6.45) is 3.38. The zero-order chi connectivity index (χ0) is 11.7. The first-order valence-electron chi connectivity index (χ1n) is 4.93. The minimum Gasteiger partial charge on any atom is -0.465 e. The molecule has 0 bridgehead atoms. The predicted molar refractivity (Wildman–Crippen MR) is 57.1 cm³/mol. The Labute approximate surface area is 89.9 Å². The van der Waals surface area contributed by atoms with E-state index in [0.29, 0.717) is 12.5 Å². The standard InChI is InChI=1S/C10H18N2O3/c1-4-15-9(13)7-12-10(14)11-6-5-8(2)3/h5-6,8H,4,7H2,1-3H3,(H2,11,12,14)/b6-5+. The Morgan fingerprint density at radius 2 is 2.07 bits per heavy atom. The van der Waals surface area contributed by atoms with Crippen molar-refractivity contribution in [3.05, 3.63) is 12.3 Å². The first-order chi connectivity index (χ1) is 7.06. The van der Waals surface area contributed by atoms with Crippen molar-refractivity contribution in [3.8, 4) is 0 Å². The smallest absolute Gasteiger partial charge is 0.325 e. The van der Waals surface area contributed by atoms with Gasteiger partial charge in [0, 0.05) is 6.20 Å². The Hall–Kier alpha value is -1.52. The maximum Gasteiger partial charge on any atom is 0.325 e. The first kappa shape index (κ1) is 13.5. The zero-order valence-electron chi connectivity index (χ0n) is 9.37. The Bertz CT molecular complexity index is 237. The Morgan fingerprint density at radius 3 is 2.60 bits per heavy atom. The number of nitrogens with one attached hydrogen (secondary N) is 2. The van der Waals surface area contributed by atoms with Gasteiger partial charge in [0.25, 0.3) is 0 Å². The van der Waals surface area contributed by atoms with E-state index in [4.69, 9.17) is 0 Å². The van der Waals surface area contributed by atoms with Crippen LogP contribution < -0.4 is 10.6 Å². The van der Waals surface area contributed by atoms with Crippen molar-refractivity contribution in [2.24, 2.45) is 5.92 Å². The maximum absolute atomic E-state index is 11.1. The van der Waals surface area contributed by atoms with Crippen LogP contribution in [0, 0.1) is 5.92 Å². The van der Waals surface area contributed by atoms with Crippen LogP contribution in [0.25, 0.3) is 0 Å². The lowest BCUT2D eigenvalue weighted by molar-refractivity contribution is -0.141. The van der Waals surface area contributed by atoms with Gasteiger partial charge in [0.2, 0.25) is 0 Å². The van der Waals surface area contributed by atoms with Gasteiger partial charge in [-0.25, -0.2) is 4.79 Å². The number of hydrogen-bond donors (Lipinski definition) is 2. The molecule has 0 aliphatic carbocycles. The van der Waals surface area contributed by atoms with E-state index >= 15 is 0 Å². The zero-order valence-corrected chi connectivity index (χ0v) is 9.37. The largest absolute Gasteiger partial charge is 0.465 e. The number of esters is 1. The SMILES string of the molecule is CCOC(=O)CNC(=O)N/C=C/C(C)C. The van der Waals surface area contributed by atoms with Crippen LogP contribution in [-0.2, 0) is 9.53 Å². The summed E-state index contributed by atoms with van der Waals surface area (Å²) in [6.45, 7) is 5.90. The fraction of sp³-hybridized carbons (Fsp3) is 0.600. The molecule has 15 heavy (non-hydrogen) atoms. The van der Waals surface area contributed by atoms with E-state index in [1.54, 1.807) is 13.1 Å². The normalized spacial score (nSPS) is 10.4. The van der Waals surface area contributed by atoms with Crippen LogP contribution in [0.4, 0.5) is 4.79 Å². The van der Waals surface area contributed by atoms with E-state index in [9.17, 15) is 9.59 Å². The number of carbonyl (C=O) groups excluding carboxylic acids is 2. The third-order valence-corrected chi connectivity index (χ3v) is 1.39. The molecule has 0 unspecified atom stereocenters. The van der Waals surface area contributed by atoms with Gasteiger partial charge in [-0.05, 0) is 12.8 Å². The summed E-state index contributed by atoms with van der Waals surface area (Å²) in [5, 5.41) is 4.84. The summed E-state index contributed by atoms with van der Waals surface area (Å²) < 4.78 is 4.64. The predicted octanol–water partition coefficient (Wildman–Crippen LogP) is 1.02. The molecule has 0 heterocycles. The molecule has 0 saturated carbocycles. The maximum atomic E-state index is 11.1. The average Bonchev–Trinajstić information content (AvgIpc) is 2.14. The molecule has 0 fully saturated rings. The highest BCUT2D eigenvalue weighted by Gasteiger charge is 2.03. The summed E-state index contributed by atoms with van der Waals surface area (Å²) in [5.41, 5.74) is 0. The molecule has 0 aromatic rings. The molecule has 0 spiro atoms. The third-order valence-electron chi connectivity index (χ3n) is 1.39. The second-order valence-corrected chi connectivity index (χ2v) is 3.24. The minimum atomic E-state index is -0.444. The number of carbonyl (C=O) groups is 2. The van der Waals surface area contributed by atoms with Gasteiger partial charge in [-0.15, -0.1) is 0 Å². The molecule has 0 aromatic heterocycles. The molecule has 0 aliphatic heterocycles. The lowest BCUT2D eigenvalue weighted by Gasteiger charge is -2.04. The van der Waals surface area contributed by atoms with Crippen LogP contribution in [0.15, 0.2) is 12.3 Å². The summed E-state index contributed by atoms with van der Waals surface area (Å²) in [7, 11) is 0. The number of hydrogen-bond acceptors (Lipinski definition) is 3. The highest BCUT2D eigenvalue weighted by molar-refractivity contribution is 5.81. The lowest BCUT2D eigenvalue weighted by atomic mass is 10.2. The van der Waals surface area contributed by atoms with Gasteiger partial charge in [-0.1, -0.05) is 19.9 Å². The van der Waals surface area contributed by atoms with Gasteiger partial charge in [0.15, 0.2) is 0 Å². The van der Waals surface area contributed by atoms with Crippen molar-refractivity contribution in [2.45, 2.75) is 20.8 Å². The molecule has 5 heteroatoms. The van der Waals surface area contributed by atoms with Crippen LogP contribution in [0.2, 0.25) is 0 Å². The van der Waals surface area contributed by atoms with E-state index < -0.39 is 12.0 Å². The van der Waals surface area contributed by atoms with E-state index in [2.05, 4.69) is 15.4 Å². The third kappa shape index (κ3) is 8.80. The fourth-order valence-corrected chi connectivity index (χ4v) is 0.732. The van der Waals surface area contributed by atoms with E-state index in [-0.39, 0.29) is 6.54 Å². The van der Waals surface area contributed by atoms with Crippen molar-refractivity contribution in [1.82, 2.24) is 10.6 Å². The Morgan fingerprint density at radius 1 is 1.40 bits per heavy atom. The minimum absolute atomic E-state index is 0.116. The van der Waals surface area contributed by atoms with Crippen LogP contribution in [0.1, 0.15) is 20.8 Å². The summed E-state index contributed by atoms with van der Waals surface area (Å²) in [4.78, 5) is 21.9. The first-order valence-corrected chi connectivity index (χ1v) is 4.93. The molecule has 86 valence electrons. The fourth-order valence-electron chi connectivity index (χ4n) is 0.732. The monoisotopic (exact) mass is 214 g/mol. The van der Waals surface area contributed by atoms with Crippen molar-refractivity contribution >= 4 is 12.0 Å². The second kappa shape index (κ2) is 7.84. The molecular formula is C10H18N2O3. The molecule has 5 nitrogen and oxygen atoms in total. The number of urea groups is 1. The topological polar surface area (TPSA) is 67.4 Å². The molecule has 0 aromatic carbocycles. The van der Waals surface area contributed by atoms with Crippen LogP contribution in [0.3, 0.4) is 0 Å². The van der Waals surface area contributed by atoms with E-state index in [1.165, 1.54) is 0 Å². The van der Waals surface area contributed by atoms with Gasteiger partial charge in [0.1, 0.15) is 6.54 Å². The molecular weight excluding hydrogens is 196 g/mol. The molecule has 2 amide bonds. The molecule has 0 rings (SSSR count). The lowest BCUT2D eigenvalue weighted by Crippen LogP contribution is -2.36. The number of amides is 2. The van der Waals surface area contributed by atoms with Crippen molar-refractivity contribution in [2.75, 3.05) is 13.2 Å². The number of ether oxygens (including phenoxy) is 1. The molecule has 0 saturated heterocycles. The van der Waals surface area contributed by atoms with Crippen LogP contribution in [-0.4, -0.2) is 25.2 Å². The summed E-state index contributed by atoms with van der Waals surface area (Å²) in [5.74, 6) is -0.0733. The average molecular weight is 214 g/mol. The van der Waals surface area contributed by atoms with Gasteiger partial charge < -0.3 is 15.4 Å². The summed E-state index contributed by atoms with van der Waals surface area (Å²) >= 11 is 0. The second-order valence-electron chi connectivity index (χ2n) is 3.24. The highest BCUT2D eigenvalue weighted by atomic mass is 16.5. The highest BCUT2D eigenvalue weighted by Crippen LogP contribution is 1.90. The van der Waals surface area contributed by atoms with Crippen molar-refractivity contribution in [3.63, 3.8) is 0 Å². The van der Waals surface area contributed by atoms with Gasteiger partial charge in [0.05, 0.1) is 6.61 Å². The number of rotatable bonds is 5. The summed E-state index contributed by atoms with van der Waals surface area (Å²) in [6, 6.07) is -0.417. The van der Waals surface area contributed by atoms with Gasteiger partial charge >= 0.3 is 12.0 Å². The van der Waals surface area contributed by atoms with E-state index in [0.717, 1.165) is 0 Å². The number of allylic oxidation sites excluding steroid dienone is 1. The van der Waals surface area contributed by atoms with Gasteiger partial charge in [-0.3, -0.25) is 4.79 Å². The van der Waals surface area contributed by atoms with Crippen molar-refractivity contribution in [1.29, 1.82) is 0 Å². The van der Waals surface area contributed by atoms with Crippen molar-refractivity contribution < 1.29 is 14.3 Å². The van der Waals surface area contributed by atoms with Crippen LogP contribution >= 0.6 is 0 Å².